The van der Waals surface area contributed by atoms with Crippen molar-refractivity contribution in [3.05, 3.63) is 48.0 Å². The van der Waals surface area contributed by atoms with Crippen LogP contribution in [0, 0.1) is 0 Å². The lowest BCUT2D eigenvalue weighted by molar-refractivity contribution is 0.112. The van der Waals surface area contributed by atoms with Crippen molar-refractivity contribution in [3.8, 4) is 22.6 Å². The quantitative estimate of drug-likeness (QED) is 0.772. The van der Waals surface area contributed by atoms with Crippen LogP contribution in [-0.2, 0) is 0 Å². The molecule has 0 aliphatic heterocycles. The van der Waals surface area contributed by atoms with Gasteiger partial charge in [-0.25, -0.2) is 0 Å². The number of carbonyl (C=O) groups excluding carboxylic acids is 1. The third-order valence-corrected chi connectivity index (χ3v) is 2.76. The minimum absolute atomic E-state index is 0.653. The second-order valence-corrected chi connectivity index (χ2v) is 3.78. The summed E-state index contributed by atoms with van der Waals surface area (Å²) in [6.07, 6.45) is 0.826. The topological polar surface area (TPSA) is 35.5 Å². The molecule has 0 atom stereocenters. The van der Waals surface area contributed by atoms with Crippen LogP contribution in [-0.4, -0.2) is 20.5 Å². The first-order valence-electron chi connectivity index (χ1n) is 5.56. The number of para-hydroxylation sites is 1. The van der Waals surface area contributed by atoms with Gasteiger partial charge in [-0.2, -0.15) is 0 Å². The summed E-state index contributed by atoms with van der Waals surface area (Å²) in [6, 6.07) is 13.0. The monoisotopic (exact) mass is 242 g/mol. The van der Waals surface area contributed by atoms with Gasteiger partial charge in [-0.3, -0.25) is 4.79 Å². The van der Waals surface area contributed by atoms with Gasteiger partial charge in [0.15, 0.2) is 11.5 Å². The fraction of sp³-hybridized carbons (Fsp3) is 0.133. The van der Waals surface area contributed by atoms with E-state index < -0.39 is 0 Å². The van der Waals surface area contributed by atoms with Crippen LogP contribution in [0.3, 0.4) is 0 Å². The second kappa shape index (κ2) is 5.36. The van der Waals surface area contributed by atoms with Crippen LogP contribution in [0.5, 0.6) is 11.5 Å². The highest BCUT2D eigenvalue weighted by atomic mass is 16.5. The highest BCUT2D eigenvalue weighted by molar-refractivity contribution is 5.79. The van der Waals surface area contributed by atoms with Crippen molar-refractivity contribution in [1.29, 1.82) is 0 Å². The average Bonchev–Trinajstić information content (AvgIpc) is 2.46. The van der Waals surface area contributed by atoms with Crippen molar-refractivity contribution in [1.82, 2.24) is 0 Å². The number of rotatable bonds is 4. The Morgan fingerprint density at radius 1 is 0.944 bits per heavy atom. The molecular weight excluding hydrogens is 228 g/mol. The Balaban J connectivity index is 2.51. The number of hydrogen-bond acceptors (Lipinski definition) is 3. The van der Waals surface area contributed by atoms with E-state index in [0.717, 1.165) is 17.4 Å². The van der Waals surface area contributed by atoms with Crippen LogP contribution in [0.2, 0.25) is 0 Å². The van der Waals surface area contributed by atoms with Gasteiger partial charge in [-0.1, -0.05) is 36.4 Å². The number of carbonyl (C=O) groups is 1. The van der Waals surface area contributed by atoms with E-state index >= 15 is 0 Å². The van der Waals surface area contributed by atoms with Gasteiger partial charge >= 0.3 is 0 Å². The molecule has 2 aromatic rings. The lowest BCUT2D eigenvalue weighted by Gasteiger charge is -2.12. The van der Waals surface area contributed by atoms with Crippen molar-refractivity contribution in [2.24, 2.45) is 0 Å². The number of ether oxygens (including phenoxy) is 2. The first-order chi connectivity index (χ1) is 8.80. The molecule has 0 saturated carbocycles. The first-order valence-corrected chi connectivity index (χ1v) is 5.56. The van der Waals surface area contributed by atoms with Gasteiger partial charge in [0, 0.05) is 11.1 Å². The van der Waals surface area contributed by atoms with Gasteiger partial charge in [0.2, 0.25) is 0 Å². The van der Waals surface area contributed by atoms with Crippen molar-refractivity contribution in [2.75, 3.05) is 14.2 Å². The lowest BCUT2D eigenvalue weighted by Crippen LogP contribution is -1.93. The minimum atomic E-state index is 0.653. The van der Waals surface area contributed by atoms with Crippen LogP contribution in [0.1, 0.15) is 10.4 Å². The molecule has 0 unspecified atom stereocenters. The van der Waals surface area contributed by atoms with Crippen LogP contribution in [0.15, 0.2) is 42.5 Å². The Labute approximate surface area is 106 Å². The molecule has 0 heterocycles. The van der Waals surface area contributed by atoms with Crippen LogP contribution < -0.4 is 9.47 Å². The summed E-state index contributed by atoms with van der Waals surface area (Å²) in [6.45, 7) is 0. The van der Waals surface area contributed by atoms with Gasteiger partial charge in [-0.15, -0.1) is 0 Å². The van der Waals surface area contributed by atoms with E-state index in [1.807, 2.05) is 30.3 Å². The van der Waals surface area contributed by atoms with E-state index in [1.54, 1.807) is 26.4 Å². The molecule has 0 spiro atoms. The van der Waals surface area contributed by atoms with Crippen LogP contribution >= 0.6 is 0 Å². The van der Waals surface area contributed by atoms with Gasteiger partial charge in [0.25, 0.3) is 0 Å². The highest BCUT2D eigenvalue weighted by Crippen LogP contribution is 2.37. The largest absolute Gasteiger partial charge is 0.493 e. The third-order valence-electron chi connectivity index (χ3n) is 2.76. The van der Waals surface area contributed by atoms with E-state index in [1.165, 1.54) is 0 Å². The molecular formula is C15H14O3. The molecule has 0 N–H and O–H groups in total. The SMILES string of the molecule is COc1cccc(-c2ccc(C=O)cc2)c1OC. The zero-order valence-corrected chi connectivity index (χ0v) is 10.3. The summed E-state index contributed by atoms with van der Waals surface area (Å²) in [5.41, 5.74) is 2.58. The Kier molecular flexibility index (Phi) is 3.63. The molecule has 0 fully saturated rings. The molecule has 3 nitrogen and oxygen atoms in total. The maximum Gasteiger partial charge on any atom is 0.168 e. The van der Waals surface area contributed by atoms with Crippen molar-refractivity contribution < 1.29 is 14.3 Å². The predicted octanol–water partition coefficient (Wildman–Crippen LogP) is 3.18. The number of hydrogen-bond donors (Lipinski definition) is 0. The van der Waals surface area contributed by atoms with Gasteiger partial charge < -0.3 is 9.47 Å². The molecule has 92 valence electrons. The number of benzene rings is 2. The fourth-order valence-electron chi connectivity index (χ4n) is 1.86. The van der Waals surface area contributed by atoms with Crippen LogP contribution in [0.4, 0.5) is 0 Å². The smallest absolute Gasteiger partial charge is 0.168 e. The van der Waals surface area contributed by atoms with E-state index in [2.05, 4.69) is 0 Å². The van der Waals surface area contributed by atoms with Gasteiger partial charge in [0.1, 0.15) is 6.29 Å². The van der Waals surface area contributed by atoms with Crippen molar-refractivity contribution >= 4 is 6.29 Å². The van der Waals surface area contributed by atoms with Crippen molar-refractivity contribution in [2.45, 2.75) is 0 Å². The molecule has 3 heteroatoms. The van der Waals surface area contributed by atoms with E-state index in [4.69, 9.17) is 9.47 Å². The zero-order chi connectivity index (χ0) is 13.0. The fourth-order valence-corrected chi connectivity index (χ4v) is 1.86. The molecule has 0 amide bonds. The Bertz CT molecular complexity index is 544. The highest BCUT2D eigenvalue weighted by Gasteiger charge is 2.10. The summed E-state index contributed by atoms with van der Waals surface area (Å²) in [5, 5.41) is 0. The number of aldehydes is 1. The predicted molar refractivity (Wildman–Crippen MR) is 70.4 cm³/mol. The summed E-state index contributed by atoms with van der Waals surface area (Å²) in [5.74, 6) is 1.38. The molecule has 0 saturated heterocycles. The molecule has 0 bridgehead atoms. The van der Waals surface area contributed by atoms with E-state index in [9.17, 15) is 4.79 Å². The summed E-state index contributed by atoms with van der Waals surface area (Å²) in [4.78, 5) is 10.6. The van der Waals surface area contributed by atoms with E-state index in [-0.39, 0.29) is 0 Å². The first kappa shape index (κ1) is 12.2. The molecule has 18 heavy (non-hydrogen) atoms. The summed E-state index contributed by atoms with van der Waals surface area (Å²) in [7, 11) is 3.22. The van der Waals surface area contributed by atoms with E-state index in [0.29, 0.717) is 17.1 Å². The van der Waals surface area contributed by atoms with Gasteiger partial charge in [-0.05, 0) is 11.6 Å². The van der Waals surface area contributed by atoms with Crippen LogP contribution in [0.25, 0.3) is 11.1 Å². The molecule has 0 aromatic heterocycles. The minimum Gasteiger partial charge on any atom is -0.493 e. The molecule has 2 aromatic carbocycles. The maximum atomic E-state index is 10.6. The average molecular weight is 242 g/mol. The lowest BCUT2D eigenvalue weighted by atomic mass is 10.0. The zero-order valence-electron chi connectivity index (χ0n) is 10.3. The third kappa shape index (κ3) is 2.20. The summed E-state index contributed by atoms with van der Waals surface area (Å²) >= 11 is 0. The Hall–Kier alpha value is -2.29. The Morgan fingerprint density at radius 3 is 2.22 bits per heavy atom. The molecule has 0 aliphatic rings. The van der Waals surface area contributed by atoms with Crippen molar-refractivity contribution in [3.63, 3.8) is 0 Å². The number of methoxy groups -OCH3 is 2. The standard InChI is InChI=1S/C15H14O3/c1-17-14-5-3-4-13(15(14)18-2)12-8-6-11(10-16)7-9-12/h3-10H,1-2H3. The summed E-state index contributed by atoms with van der Waals surface area (Å²) < 4.78 is 10.6. The Morgan fingerprint density at radius 2 is 1.67 bits per heavy atom. The maximum absolute atomic E-state index is 10.6. The van der Waals surface area contributed by atoms with Gasteiger partial charge in [0.05, 0.1) is 14.2 Å². The normalized spacial score (nSPS) is 9.89. The molecule has 2 rings (SSSR count). The molecule has 0 aliphatic carbocycles. The molecule has 0 radical (unpaired) electrons. The second-order valence-electron chi connectivity index (χ2n) is 3.78.